The van der Waals surface area contributed by atoms with E-state index in [9.17, 15) is 29.7 Å². The first-order valence-electron chi connectivity index (χ1n) is 9.56. The predicted octanol–water partition coefficient (Wildman–Crippen LogP) is 1.94. The number of rotatable bonds is 2. The van der Waals surface area contributed by atoms with Crippen LogP contribution in [0.2, 0.25) is 0 Å². The lowest BCUT2D eigenvalue weighted by Gasteiger charge is -2.31. The Bertz CT molecular complexity index is 1180. The average Bonchev–Trinajstić information content (AvgIpc) is 3.46. The highest BCUT2D eigenvalue weighted by Crippen LogP contribution is 2.61. The Morgan fingerprint density at radius 1 is 1.13 bits per heavy atom. The van der Waals surface area contributed by atoms with E-state index in [-0.39, 0.29) is 39.8 Å². The second-order valence-electron chi connectivity index (χ2n) is 7.77. The summed E-state index contributed by atoms with van der Waals surface area (Å²) in [7, 11) is 1.21. The van der Waals surface area contributed by atoms with E-state index < -0.39 is 52.4 Å². The van der Waals surface area contributed by atoms with Gasteiger partial charge in [-0.1, -0.05) is 19.1 Å². The van der Waals surface area contributed by atoms with Gasteiger partial charge in [-0.15, -0.1) is 0 Å². The van der Waals surface area contributed by atoms with Crippen LogP contribution in [0.5, 0.6) is 17.2 Å². The molecule has 1 saturated heterocycles. The SMILES string of the molecule is CC[C@]12O[C@@H]1Cc1c(O)c3c(c(O)c1[C@@H]2C(=O)OC)C(=O)c1cccc(O)c1C3=O. The Morgan fingerprint density at radius 2 is 1.83 bits per heavy atom. The predicted molar refractivity (Wildman–Crippen MR) is 101 cm³/mol. The summed E-state index contributed by atoms with van der Waals surface area (Å²) in [6.45, 7) is 1.84. The Kier molecular flexibility index (Phi) is 3.62. The maximum Gasteiger partial charge on any atom is 0.316 e. The molecule has 1 fully saturated rings. The minimum Gasteiger partial charge on any atom is -0.507 e. The van der Waals surface area contributed by atoms with Crippen LogP contribution < -0.4 is 0 Å². The summed E-state index contributed by atoms with van der Waals surface area (Å²) in [5, 5.41) is 32.3. The van der Waals surface area contributed by atoms with Crippen LogP contribution in [0.4, 0.5) is 0 Å². The molecule has 2 aliphatic carbocycles. The quantitative estimate of drug-likeness (QED) is 0.332. The Labute approximate surface area is 170 Å². The zero-order chi connectivity index (χ0) is 21.5. The fourth-order valence-electron chi connectivity index (χ4n) is 5.06. The summed E-state index contributed by atoms with van der Waals surface area (Å²) < 4.78 is 10.7. The van der Waals surface area contributed by atoms with E-state index in [2.05, 4.69) is 0 Å². The number of ether oxygens (including phenoxy) is 2. The van der Waals surface area contributed by atoms with Crippen molar-refractivity contribution in [2.45, 2.75) is 37.4 Å². The van der Waals surface area contributed by atoms with Gasteiger partial charge in [0, 0.05) is 23.1 Å². The van der Waals surface area contributed by atoms with Gasteiger partial charge in [0.1, 0.15) is 28.8 Å². The highest BCUT2D eigenvalue weighted by molar-refractivity contribution is 6.31. The number of carbonyl (C=O) groups excluding carboxylic acids is 3. The van der Waals surface area contributed by atoms with Crippen LogP contribution in [-0.4, -0.2) is 51.7 Å². The normalized spacial score (nSPS) is 25.7. The number of hydrogen-bond acceptors (Lipinski definition) is 8. The van der Waals surface area contributed by atoms with Crippen molar-refractivity contribution in [3.63, 3.8) is 0 Å². The summed E-state index contributed by atoms with van der Waals surface area (Å²) >= 11 is 0. The maximum absolute atomic E-state index is 13.2. The smallest absolute Gasteiger partial charge is 0.316 e. The number of phenolic OH excluding ortho intramolecular Hbond substituents is 3. The van der Waals surface area contributed by atoms with E-state index in [1.54, 1.807) is 0 Å². The van der Waals surface area contributed by atoms with Crippen molar-refractivity contribution in [3.8, 4) is 17.2 Å². The second kappa shape index (κ2) is 5.82. The number of epoxide rings is 1. The number of ketones is 2. The standard InChI is InChI=1S/C22H18O8/c1-3-22-11(30-22)7-9-13(16(22)21(28)29-2)20(27)14-15(18(9)25)19(26)12-8(17(14)24)5-4-6-10(12)23/h4-6,11,16,23,25,27H,3,7H2,1-2H3/t11-,16-,22+/m1/s1. The zero-order valence-electron chi connectivity index (χ0n) is 16.2. The van der Waals surface area contributed by atoms with E-state index in [1.807, 2.05) is 6.92 Å². The third-order valence-corrected chi connectivity index (χ3v) is 6.56. The molecule has 0 spiro atoms. The summed E-state index contributed by atoms with van der Waals surface area (Å²) in [4.78, 5) is 39.0. The van der Waals surface area contributed by atoms with Gasteiger partial charge < -0.3 is 24.8 Å². The molecule has 3 atom stereocenters. The number of benzene rings is 2. The number of fused-ring (bicyclic) bond motifs is 4. The molecule has 2 aromatic carbocycles. The molecular formula is C22H18O8. The van der Waals surface area contributed by atoms with Crippen LogP contribution in [0, 0.1) is 0 Å². The fourth-order valence-corrected chi connectivity index (χ4v) is 5.06. The lowest BCUT2D eigenvalue weighted by molar-refractivity contribution is -0.144. The van der Waals surface area contributed by atoms with E-state index >= 15 is 0 Å². The molecule has 8 heteroatoms. The van der Waals surface area contributed by atoms with E-state index in [0.717, 1.165) is 0 Å². The van der Waals surface area contributed by atoms with Crippen molar-refractivity contribution >= 4 is 17.5 Å². The summed E-state index contributed by atoms with van der Waals surface area (Å²) in [6, 6.07) is 4.04. The molecule has 3 aliphatic rings. The van der Waals surface area contributed by atoms with Crippen LogP contribution >= 0.6 is 0 Å². The van der Waals surface area contributed by atoms with E-state index in [0.29, 0.717) is 6.42 Å². The van der Waals surface area contributed by atoms with E-state index in [1.165, 1.54) is 25.3 Å². The molecule has 2 aromatic rings. The molecule has 3 N–H and O–H groups in total. The first-order valence-corrected chi connectivity index (χ1v) is 9.56. The minimum atomic E-state index is -1.05. The van der Waals surface area contributed by atoms with Crippen LogP contribution in [0.15, 0.2) is 18.2 Å². The summed E-state index contributed by atoms with van der Waals surface area (Å²) in [6.07, 6.45) is 0.230. The number of esters is 1. The summed E-state index contributed by atoms with van der Waals surface area (Å²) in [5.74, 6) is -4.63. The molecule has 0 aromatic heterocycles. The number of phenols is 3. The molecular weight excluding hydrogens is 392 g/mol. The first kappa shape index (κ1) is 18.6. The van der Waals surface area contributed by atoms with Gasteiger partial charge in [0.25, 0.3) is 0 Å². The van der Waals surface area contributed by atoms with Crippen LogP contribution in [0.25, 0.3) is 0 Å². The van der Waals surface area contributed by atoms with Gasteiger partial charge >= 0.3 is 5.97 Å². The van der Waals surface area contributed by atoms with Gasteiger partial charge in [-0.2, -0.15) is 0 Å². The lowest BCUT2D eigenvalue weighted by Crippen LogP contribution is -2.37. The van der Waals surface area contributed by atoms with Crippen LogP contribution in [0.1, 0.15) is 62.2 Å². The van der Waals surface area contributed by atoms with Gasteiger partial charge in [-0.25, -0.2) is 0 Å². The largest absolute Gasteiger partial charge is 0.507 e. The molecule has 154 valence electrons. The monoisotopic (exact) mass is 410 g/mol. The van der Waals surface area contributed by atoms with E-state index in [4.69, 9.17) is 9.47 Å². The molecule has 0 unspecified atom stereocenters. The van der Waals surface area contributed by atoms with Crippen LogP contribution in [-0.2, 0) is 20.7 Å². The topological polar surface area (TPSA) is 134 Å². The molecule has 1 heterocycles. The van der Waals surface area contributed by atoms with Crippen molar-refractivity contribution in [2.75, 3.05) is 7.11 Å². The van der Waals surface area contributed by atoms with Crippen LogP contribution in [0.3, 0.4) is 0 Å². The Hall–Kier alpha value is -3.39. The molecule has 5 rings (SSSR count). The molecule has 0 saturated carbocycles. The van der Waals surface area contributed by atoms with Crippen molar-refractivity contribution in [1.29, 1.82) is 0 Å². The van der Waals surface area contributed by atoms with Gasteiger partial charge in [0.2, 0.25) is 5.78 Å². The Balaban J connectivity index is 1.83. The number of hydrogen-bond donors (Lipinski definition) is 3. The van der Waals surface area contributed by atoms with Crippen molar-refractivity contribution < 1.29 is 39.2 Å². The number of aromatic hydroxyl groups is 3. The molecule has 0 bridgehead atoms. The fraction of sp³-hybridized carbons (Fsp3) is 0.318. The molecule has 8 nitrogen and oxygen atoms in total. The lowest BCUT2D eigenvalue weighted by atomic mass is 9.69. The number of carbonyl (C=O) groups is 3. The summed E-state index contributed by atoms with van der Waals surface area (Å²) in [5.41, 5.74) is -1.73. The number of methoxy groups -OCH3 is 1. The second-order valence-corrected chi connectivity index (χ2v) is 7.77. The van der Waals surface area contributed by atoms with Crippen molar-refractivity contribution in [3.05, 3.63) is 51.6 Å². The molecule has 1 aliphatic heterocycles. The highest BCUT2D eigenvalue weighted by Gasteiger charge is 2.67. The van der Waals surface area contributed by atoms with Crippen molar-refractivity contribution in [2.24, 2.45) is 0 Å². The third kappa shape index (κ3) is 2.01. The minimum absolute atomic E-state index is 0.0541. The van der Waals surface area contributed by atoms with Gasteiger partial charge in [0.05, 0.1) is 29.9 Å². The first-order chi connectivity index (χ1) is 14.3. The van der Waals surface area contributed by atoms with Crippen molar-refractivity contribution in [1.82, 2.24) is 0 Å². The van der Waals surface area contributed by atoms with Gasteiger partial charge in [-0.05, 0) is 12.5 Å². The molecule has 0 radical (unpaired) electrons. The zero-order valence-corrected chi connectivity index (χ0v) is 16.2. The highest BCUT2D eigenvalue weighted by atomic mass is 16.6. The molecule has 0 amide bonds. The maximum atomic E-state index is 13.2. The van der Waals surface area contributed by atoms with Gasteiger partial charge in [-0.3, -0.25) is 14.4 Å². The third-order valence-electron chi connectivity index (χ3n) is 6.56. The Morgan fingerprint density at radius 3 is 2.50 bits per heavy atom. The van der Waals surface area contributed by atoms with Gasteiger partial charge in [0.15, 0.2) is 5.78 Å². The molecule has 30 heavy (non-hydrogen) atoms. The average molecular weight is 410 g/mol.